The fraction of sp³-hybridized carbons (Fsp3) is 0.933. The van der Waals surface area contributed by atoms with E-state index >= 15 is 0 Å². The minimum absolute atomic E-state index is 0.200. The van der Waals surface area contributed by atoms with Crippen LogP contribution in [0.15, 0.2) is 0 Å². The third-order valence-electron chi connectivity index (χ3n) is 4.64. The molecule has 0 heterocycles. The van der Waals surface area contributed by atoms with Crippen LogP contribution in [0.2, 0.25) is 0 Å². The summed E-state index contributed by atoms with van der Waals surface area (Å²) in [5, 5.41) is 0. The summed E-state index contributed by atoms with van der Waals surface area (Å²) >= 11 is 0. The van der Waals surface area contributed by atoms with Crippen molar-refractivity contribution in [3.05, 3.63) is 0 Å². The molecule has 106 valence electrons. The molecule has 2 N–H and O–H groups in total. The molecule has 0 aliphatic heterocycles. The maximum atomic E-state index is 12.3. The number of rotatable bonds is 3. The van der Waals surface area contributed by atoms with Crippen molar-refractivity contribution in [2.45, 2.75) is 71.9 Å². The van der Waals surface area contributed by atoms with Gasteiger partial charge in [0.25, 0.3) is 0 Å². The van der Waals surface area contributed by atoms with E-state index in [9.17, 15) is 4.79 Å². The molecule has 0 bridgehead atoms. The van der Waals surface area contributed by atoms with Gasteiger partial charge in [0.2, 0.25) is 5.91 Å². The van der Waals surface area contributed by atoms with E-state index in [-0.39, 0.29) is 11.3 Å². The molecule has 1 saturated carbocycles. The predicted molar refractivity (Wildman–Crippen MR) is 76.2 cm³/mol. The van der Waals surface area contributed by atoms with E-state index in [0.717, 1.165) is 25.7 Å². The Morgan fingerprint density at radius 3 is 2.22 bits per heavy atom. The minimum Gasteiger partial charge on any atom is -0.343 e. The second-order valence-electron chi connectivity index (χ2n) is 7.04. The lowest BCUT2D eigenvalue weighted by atomic mass is 9.79. The number of carbonyl (C=O) groups excluding carboxylic acids is 1. The Hall–Kier alpha value is -0.570. The summed E-state index contributed by atoms with van der Waals surface area (Å²) < 4.78 is 0. The van der Waals surface area contributed by atoms with Gasteiger partial charge in [-0.25, -0.2) is 0 Å². The molecule has 0 radical (unpaired) electrons. The molecule has 1 aliphatic carbocycles. The third-order valence-corrected chi connectivity index (χ3v) is 4.64. The van der Waals surface area contributed by atoms with Gasteiger partial charge in [-0.15, -0.1) is 0 Å². The Bertz CT molecular complexity index is 275. The Morgan fingerprint density at radius 2 is 1.78 bits per heavy atom. The van der Waals surface area contributed by atoms with E-state index < -0.39 is 0 Å². The number of carbonyl (C=O) groups is 1. The molecule has 3 heteroatoms. The van der Waals surface area contributed by atoms with Crippen molar-refractivity contribution in [3.8, 4) is 0 Å². The maximum absolute atomic E-state index is 12.3. The highest BCUT2D eigenvalue weighted by Gasteiger charge is 2.28. The second kappa shape index (κ2) is 6.05. The average molecular weight is 254 g/mol. The van der Waals surface area contributed by atoms with Crippen molar-refractivity contribution in [3.63, 3.8) is 0 Å². The number of hydrogen-bond acceptors (Lipinski definition) is 2. The van der Waals surface area contributed by atoms with Crippen LogP contribution < -0.4 is 5.73 Å². The Labute approximate surface area is 112 Å². The van der Waals surface area contributed by atoms with Crippen LogP contribution in [-0.2, 0) is 4.79 Å². The number of nitrogens with two attached hydrogens (primary N) is 1. The molecule has 0 aromatic heterocycles. The van der Waals surface area contributed by atoms with E-state index in [2.05, 4.69) is 27.7 Å². The fourth-order valence-corrected chi connectivity index (χ4v) is 2.40. The zero-order valence-corrected chi connectivity index (χ0v) is 12.7. The highest BCUT2D eigenvalue weighted by Crippen LogP contribution is 2.29. The van der Waals surface area contributed by atoms with Gasteiger partial charge in [-0.3, -0.25) is 4.79 Å². The van der Waals surface area contributed by atoms with Crippen LogP contribution in [0.4, 0.5) is 0 Å². The SMILES string of the molecule is CC(CC(=O)N(C)C1CCC(N)CC1)C(C)(C)C. The largest absolute Gasteiger partial charge is 0.343 e. The van der Waals surface area contributed by atoms with Crippen molar-refractivity contribution in [2.75, 3.05) is 7.05 Å². The van der Waals surface area contributed by atoms with Crippen LogP contribution in [0, 0.1) is 11.3 Å². The molecule has 0 aromatic carbocycles. The molecule has 1 atom stereocenters. The summed E-state index contributed by atoms with van der Waals surface area (Å²) in [6, 6.07) is 0.753. The van der Waals surface area contributed by atoms with Gasteiger partial charge >= 0.3 is 0 Å². The van der Waals surface area contributed by atoms with Crippen molar-refractivity contribution in [1.82, 2.24) is 4.90 Å². The summed E-state index contributed by atoms with van der Waals surface area (Å²) in [7, 11) is 1.96. The summed E-state index contributed by atoms with van der Waals surface area (Å²) in [6.45, 7) is 8.77. The van der Waals surface area contributed by atoms with E-state index in [1.54, 1.807) is 0 Å². The van der Waals surface area contributed by atoms with E-state index in [1.807, 2.05) is 11.9 Å². The molecule has 0 saturated heterocycles. The molecule has 1 fully saturated rings. The lowest BCUT2D eigenvalue weighted by molar-refractivity contribution is -0.134. The van der Waals surface area contributed by atoms with Crippen molar-refractivity contribution in [1.29, 1.82) is 0 Å². The first-order valence-electron chi connectivity index (χ1n) is 7.23. The van der Waals surface area contributed by atoms with E-state index in [0.29, 0.717) is 24.4 Å². The minimum atomic E-state index is 0.200. The molecule has 1 aliphatic rings. The summed E-state index contributed by atoms with van der Waals surface area (Å²) in [5.41, 5.74) is 6.11. The normalized spacial score (nSPS) is 26.8. The zero-order valence-electron chi connectivity index (χ0n) is 12.7. The van der Waals surface area contributed by atoms with E-state index in [4.69, 9.17) is 5.73 Å². The van der Waals surface area contributed by atoms with Gasteiger partial charge in [-0.05, 0) is 37.0 Å². The van der Waals surface area contributed by atoms with E-state index in [1.165, 1.54) is 0 Å². The van der Waals surface area contributed by atoms with Gasteiger partial charge < -0.3 is 10.6 Å². The summed E-state index contributed by atoms with van der Waals surface area (Å²) in [4.78, 5) is 14.2. The molecule has 18 heavy (non-hydrogen) atoms. The number of hydrogen-bond donors (Lipinski definition) is 1. The van der Waals surface area contributed by atoms with Crippen LogP contribution in [-0.4, -0.2) is 29.9 Å². The predicted octanol–water partition coefficient (Wildman–Crippen LogP) is 2.79. The van der Waals surface area contributed by atoms with Gasteiger partial charge in [-0.1, -0.05) is 27.7 Å². The molecule has 0 spiro atoms. The average Bonchev–Trinajstić information content (AvgIpc) is 2.27. The summed E-state index contributed by atoms with van der Waals surface area (Å²) in [6.07, 6.45) is 4.89. The van der Waals surface area contributed by atoms with Gasteiger partial charge in [-0.2, -0.15) is 0 Å². The lowest BCUT2D eigenvalue weighted by Crippen LogP contribution is -2.42. The second-order valence-corrected chi connectivity index (χ2v) is 7.04. The van der Waals surface area contributed by atoms with Gasteiger partial charge in [0.05, 0.1) is 0 Å². The quantitative estimate of drug-likeness (QED) is 0.842. The number of nitrogens with zero attached hydrogens (tertiary/aromatic N) is 1. The topological polar surface area (TPSA) is 46.3 Å². The smallest absolute Gasteiger partial charge is 0.222 e. The first-order chi connectivity index (χ1) is 8.21. The highest BCUT2D eigenvalue weighted by molar-refractivity contribution is 5.76. The molecular formula is C15H30N2O. The van der Waals surface area contributed by atoms with Crippen LogP contribution in [0.1, 0.15) is 59.8 Å². The molecule has 3 nitrogen and oxygen atoms in total. The molecule has 1 unspecified atom stereocenters. The van der Waals surface area contributed by atoms with Gasteiger partial charge in [0, 0.05) is 25.6 Å². The number of amides is 1. The first kappa shape index (κ1) is 15.5. The van der Waals surface area contributed by atoms with Crippen LogP contribution >= 0.6 is 0 Å². The maximum Gasteiger partial charge on any atom is 0.222 e. The van der Waals surface area contributed by atoms with Crippen LogP contribution in [0.3, 0.4) is 0 Å². The van der Waals surface area contributed by atoms with Gasteiger partial charge in [0.1, 0.15) is 0 Å². The molecule has 1 amide bonds. The first-order valence-corrected chi connectivity index (χ1v) is 7.23. The van der Waals surface area contributed by atoms with Crippen molar-refractivity contribution < 1.29 is 4.79 Å². The van der Waals surface area contributed by atoms with Crippen LogP contribution in [0.25, 0.3) is 0 Å². The Kier molecular flexibility index (Phi) is 5.20. The Morgan fingerprint density at radius 1 is 1.28 bits per heavy atom. The molecule has 0 aromatic rings. The zero-order chi connectivity index (χ0) is 13.9. The Balaban J connectivity index is 2.46. The third kappa shape index (κ3) is 4.27. The monoisotopic (exact) mass is 254 g/mol. The van der Waals surface area contributed by atoms with Crippen LogP contribution in [0.5, 0.6) is 0 Å². The molecule has 1 rings (SSSR count). The standard InChI is InChI=1S/C15H30N2O/c1-11(15(2,3)4)10-14(18)17(5)13-8-6-12(16)7-9-13/h11-13H,6-10,16H2,1-5H3. The lowest BCUT2D eigenvalue weighted by Gasteiger charge is -2.35. The fourth-order valence-electron chi connectivity index (χ4n) is 2.40. The highest BCUT2D eigenvalue weighted by atomic mass is 16.2. The van der Waals surface area contributed by atoms with Gasteiger partial charge in [0.15, 0.2) is 0 Å². The van der Waals surface area contributed by atoms with Crippen molar-refractivity contribution >= 4 is 5.91 Å². The molecular weight excluding hydrogens is 224 g/mol. The summed E-state index contributed by atoms with van der Waals surface area (Å²) in [5.74, 6) is 0.705. The van der Waals surface area contributed by atoms with Crippen molar-refractivity contribution in [2.24, 2.45) is 17.1 Å².